The van der Waals surface area contributed by atoms with Crippen molar-refractivity contribution in [1.82, 2.24) is 0 Å². The third-order valence-corrected chi connectivity index (χ3v) is 3.55. The minimum atomic E-state index is -0.213. The summed E-state index contributed by atoms with van der Waals surface area (Å²) in [5, 5.41) is 2.82. The number of nitrogens with two attached hydrogens (primary N) is 1. The van der Waals surface area contributed by atoms with Crippen molar-refractivity contribution in [3.8, 4) is 0 Å². The van der Waals surface area contributed by atoms with Gasteiger partial charge in [0.05, 0.1) is 18.7 Å². The van der Waals surface area contributed by atoms with Gasteiger partial charge in [-0.2, -0.15) is 0 Å². The maximum absolute atomic E-state index is 11.4. The van der Waals surface area contributed by atoms with Crippen LogP contribution in [0.5, 0.6) is 0 Å². The Morgan fingerprint density at radius 2 is 2.26 bits per heavy atom. The van der Waals surface area contributed by atoms with Crippen LogP contribution in [-0.2, 0) is 17.6 Å². The van der Waals surface area contributed by atoms with Crippen LogP contribution < -0.4 is 11.1 Å². The Kier molecular flexibility index (Phi) is 2.87. The fourth-order valence-electron chi connectivity index (χ4n) is 2.54. The lowest BCUT2D eigenvalue weighted by molar-refractivity contribution is -0.115. The fourth-order valence-corrected chi connectivity index (χ4v) is 2.54. The van der Waals surface area contributed by atoms with Gasteiger partial charge in [0, 0.05) is 17.7 Å². The number of hydrogen-bond donors (Lipinski definition) is 2. The number of aryl methyl sites for hydroxylation is 1. The maximum atomic E-state index is 11.4. The molecule has 0 radical (unpaired) electrons. The number of rotatable bonds is 3. The van der Waals surface area contributed by atoms with Crippen molar-refractivity contribution in [2.75, 3.05) is 5.32 Å². The van der Waals surface area contributed by atoms with E-state index in [4.69, 9.17) is 10.2 Å². The Balaban J connectivity index is 1.95. The predicted molar refractivity (Wildman–Crippen MR) is 72.9 cm³/mol. The monoisotopic (exact) mass is 256 g/mol. The van der Waals surface area contributed by atoms with Crippen LogP contribution in [0.3, 0.4) is 0 Å². The summed E-state index contributed by atoms with van der Waals surface area (Å²) in [5.74, 6) is 0.959. The summed E-state index contributed by atoms with van der Waals surface area (Å²) in [6.45, 7) is 2.04. The molecule has 1 aromatic carbocycles. The van der Waals surface area contributed by atoms with Crippen molar-refractivity contribution in [2.45, 2.75) is 25.8 Å². The van der Waals surface area contributed by atoms with E-state index < -0.39 is 0 Å². The second-order valence-electron chi connectivity index (χ2n) is 4.77. The van der Waals surface area contributed by atoms with Crippen LogP contribution in [0.1, 0.15) is 35.4 Å². The summed E-state index contributed by atoms with van der Waals surface area (Å²) < 4.78 is 5.42. The van der Waals surface area contributed by atoms with E-state index in [0.717, 1.165) is 34.6 Å². The zero-order valence-corrected chi connectivity index (χ0v) is 10.8. The number of hydrogen-bond acceptors (Lipinski definition) is 3. The van der Waals surface area contributed by atoms with E-state index in [1.165, 1.54) is 0 Å². The Bertz CT molecular complexity index is 631. The van der Waals surface area contributed by atoms with Crippen molar-refractivity contribution < 1.29 is 9.21 Å². The van der Waals surface area contributed by atoms with Crippen LogP contribution in [-0.4, -0.2) is 5.91 Å². The Morgan fingerprint density at radius 3 is 3.05 bits per heavy atom. The van der Waals surface area contributed by atoms with E-state index in [0.29, 0.717) is 6.42 Å². The summed E-state index contributed by atoms with van der Waals surface area (Å²) in [5.41, 5.74) is 10.2. The molecule has 3 N–H and O–H groups in total. The van der Waals surface area contributed by atoms with Crippen LogP contribution in [0.2, 0.25) is 0 Å². The third-order valence-electron chi connectivity index (χ3n) is 3.55. The zero-order chi connectivity index (χ0) is 13.4. The Morgan fingerprint density at radius 1 is 1.42 bits per heavy atom. The van der Waals surface area contributed by atoms with E-state index in [1.807, 2.05) is 31.2 Å². The molecule has 0 saturated carbocycles. The lowest BCUT2D eigenvalue weighted by atomic mass is 9.97. The van der Waals surface area contributed by atoms with E-state index >= 15 is 0 Å². The molecule has 1 atom stereocenters. The van der Waals surface area contributed by atoms with E-state index in [9.17, 15) is 4.79 Å². The molecule has 0 fully saturated rings. The van der Waals surface area contributed by atoms with Gasteiger partial charge in [0.15, 0.2) is 0 Å². The first-order chi connectivity index (χ1) is 9.19. The highest BCUT2D eigenvalue weighted by Crippen LogP contribution is 2.29. The topological polar surface area (TPSA) is 68.3 Å². The number of anilines is 1. The predicted octanol–water partition coefficient (Wildman–Crippen LogP) is 2.38. The van der Waals surface area contributed by atoms with Gasteiger partial charge in [-0.15, -0.1) is 0 Å². The normalized spacial score (nSPS) is 15.2. The van der Waals surface area contributed by atoms with Gasteiger partial charge in [-0.1, -0.05) is 19.1 Å². The van der Waals surface area contributed by atoms with Gasteiger partial charge in [-0.05, 0) is 23.3 Å². The molecule has 0 bridgehead atoms. The van der Waals surface area contributed by atoms with Crippen LogP contribution in [0.4, 0.5) is 5.69 Å². The van der Waals surface area contributed by atoms with Crippen LogP contribution in [0.15, 0.2) is 34.9 Å². The SMILES string of the molecule is CCc1occc1C(N)c1ccc2c(c1)CC(=O)N2. The molecule has 2 heterocycles. The first-order valence-corrected chi connectivity index (χ1v) is 6.43. The largest absolute Gasteiger partial charge is 0.469 e. The molecule has 2 aromatic rings. The van der Waals surface area contributed by atoms with Crippen molar-refractivity contribution in [3.05, 3.63) is 53.0 Å². The molecule has 1 unspecified atom stereocenters. The quantitative estimate of drug-likeness (QED) is 0.886. The molecule has 1 aliphatic rings. The standard InChI is InChI=1S/C15H16N2O2/c1-2-13-11(5-6-19-13)15(16)9-3-4-12-10(7-9)8-14(18)17-12/h3-7,15H,2,8,16H2,1H3,(H,17,18). The number of carbonyl (C=O) groups is 1. The average molecular weight is 256 g/mol. The number of nitrogens with one attached hydrogen (secondary N) is 1. The second-order valence-corrected chi connectivity index (χ2v) is 4.77. The molecule has 19 heavy (non-hydrogen) atoms. The summed E-state index contributed by atoms with van der Waals surface area (Å²) in [4.78, 5) is 11.4. The van der Waals surface area contributed by atoms with Gasteiger partial charge >= 0.3 is 0 Å². The maximum Gasteiger partial charge on any atom is 0.228 e. The molecule has 0 spiro atoms. The first-order valence-electron chi connectivity index (χ1n) is 6.43. The summed E-state index contributed by atoms with van der Waals surface area (Å²) in [6.07, 6.45) is 2.93. The van der Waals surface area contributed by atoms with Crippen LogP contribution in [0.25, 0.3) is 0 Å². The second kappa shape index (κ2) is 4.55. The Labute approximate surface area is 111 Å². The molecule has 0 saturated heterocycles. The lowest BCUT2D eigenvalue weighted by Crippen LogP contribution is -2.12. The number of carbonyl (C=O) groups excluding carboxylic acids is 1. The van der Waals surface area contributed by atoms with Gasteiger partial charge in [-0.25, -0.2) is 0 Å². The third kappa shape index (κ3) is 2.04. The molecule has 1 aromatic heterocycles. The molecule has 3 rings (SSSR count). The lowest BCUT2D eigenvalue weighted by Gasteiger charge is -2.13. The molecule has 1 amide bonds. The highest BCUT2D eigenvalue weighted by atomic mass is 16.3. The van der Waals surface area contributed by atoms with Crippen molar-refractivity contribution in [3.63, 3.8) is 0 Å². The van der Waals surface area contributed by atoms with Crippen molar-refractivity contribution in [2.24, 2.45) is 5.73 Å². The Hall–Kier alpha value is -2.07. The number of amides is 1. The average Bonchev–Trinajstić information content (AvgIpc) is 3.01. The van der Waals surface area contributed by atoms with Crippen molar-refractivity contribution >= 4 is 11.6 Å². The van der Waals surface area contributed by atoms with Crippen LogP contribution in [0, 0.1) is 0 Å². The summed E-state index contributed by atoms with van der Waals surface area (Å²) in [6, 6.07) is 7.59. The smallest absolute Gasteiger partial charge is 0.228 e. The van der Waals surface area contributed by atoms with Gasteiger partial charge < -0.3 is 15.5 Å². The van der Waals surface area contributed by atoms with E-state index in [-0.39, 0.29) is 11.9 Å². The fraction of sp³-hybridized carbons (Fsp3) is 0.267. The number of benzene rings is 1. The summed E-state index contributed by atoms with van der Waals surface area (Å²) in [7, 11) is 0. The van der Waals surface area contributed by atoms with E-state index in [2.05, 4.69) is 5.32 Å². The molecular weight excluding hydrogens is 240 g/mol. The first kappa shape index (κ1) is 12.0. The van der Waals surface area contributed by atoms with Gasteiger partial charge in [0.2, 0.25) is 5.91 Å². The zero-order valence-electron chi connectivity index (χ0n) is 10.8. The van der Waals surface area contributed by atoms with Crippen LogP contribution >= 0.6 is 0 Å². The van der Waals surface area contributed by atoms with Crippen molar-refractivity contribution in [1.29, 1.82) is 0 Å². The van der Waals surface area contributed by atoms with E-state index in [1.54, 1.807) is 6.26 Å². The molecule has 4 nitrogen and oxygen atoms in total. The molecule has 1 aliphatic heterocycles. The van der Waals surface area contributed by atoms with Gasteiger partial charge in [0.25, 0.3) is 0 Å². The molecular formula is C15H16N2O2. The molecule has 0 aliphatic carbocycles. The van der Waals surface area contributed by atoms with Gasteiger partial charge in [-0.3, -0.25) is 4.79 Å². The number of furan rings is 1. The summed E-state index contributed by atoms with van der Waals surface area (Å²) >= 11 is 0. The highest BCUT2D eigenvalue weighted by molar-refractivity contribution is 5.99. The minimum absolute atomic E-state index is 0.0401. The minimum Gasteiger partial charge on any atom is -0.469 e. The molecule has 98 valence electrons. The highest BCUT2D eigenvalue weighted by Gasteiger charge is 2.20. The number of fused-ring (bicyclic) bond motifs is 1. The molecule has 4 heteroatoms. The van der Waals surface area contributed by atoms with Gasteiger partial charge in [0.1, 0.15) is 5.76 Å².